The van der Waals surface area contributed by atoms with E-state index < -0.39 is 12.0 Å². The van der Waals surface area contributed by atoms with Crippen molar-refractivity contribution in [2.45, 2.75) is 51.2 Å². The van der Waals surface area contributed by atoms with Crippen molar-refractivity contribution < 1.29 is 14.7 Å². The molecule has 124 valence electrons. The minimum atomic E-state index is -0.813. The minimum Gasteiger partial charge on any atom is -0.480 e. The van der Waals surface area contributed by atoms with Gasteiger partial charge < -0.3 is 10.0 Å². The van der Waals surface area contributed by atoms with Crippen LogP contribution in [0, 0.1) is 6.92 Å². The van der Waals surface area contributed by atoms with Crippen LogP contribution in [0.2, 0.25) is 0 Å². The van der Waals surface area contributed by atoms with Gasteiger partial charge in [-0.2, -0.15) is 0 Å². The third-order valence-corrected chi connectivity index (χ3v) is 4.77. The lowest BCUT2D eigenvalue weighted by atomic mass is 10.1. The van der Waals surface area contributed by atoms with Gasteiger partial charge in [-0.3, -0.25) is 14.5 Å². The van der Waals surface area contributed by atoms with Crippen LogP contribution in [0.4, 0.5) is 0 Å². The molecule has 1 amide bonds. The fourth-order valence-electron chi connectivity index (χ4n) is 3.26. The number of carbonyl (C=O) groups is 2. The highest BCUT2D eigenvalue weighted by Gasteiger charge is 2.36. The highest BCUT2D eigenvalue weighted by Crippen LogP contribution is 2.29. The Labute approximate surface area is 136 Å². The highest BCUT2D eigenvalue weighted by atomic mass is 16.4. The van der Waals surface area contributed by atoms with Gasteiger partial charge in [0.2, 0.25) is 5.91 Å². The molecule has 1 N–H and O–H groups in total. The Morgan fingerprint density at radius 1 is 1.22 bits per heavy atom. The van der Waals surface area contributed by atoms with E-state index in [9.17, 15) is 14.7 Å². The van der Waals surface area contributed by atoms with E-state index in [1.165, 1.54) is 5.56 Å². The first-order valence-corrected chi connectivity index (χ1v) is 8.36. The molecule has 1 heterocycles. The van der Waals surface area contributed by atoms with Crippen molar-refractivity contribution in [1.82, 2.24) is 9.80 Å². The third kappa shape index (κ3) is 3.91. The summed E-state index contributed by atoms with van der Waals surface area (Å²) >= 11 is 0. The second-order valence-corrected chi connectivity index (χ2v) is 6.71. The van der Waals surface area contributed by atoms with Gasteiger partial charge in [-0.1, -0.05) is 29.8 Å². The highest BCUT2D eigenvalue weighted by molar-refractivity contribution is 5.80. The molecule has 5 nitrogen and oxygen atoms in total. The lowest BCUT2D eigenvalue weighted by Crippen LogP contribution is -2.45. The van der Waals surface area contributed by atoms with Gasteiger partial charge in [0, 0.05) is 12.6 Å². The Morgan fingerprint density at radius 3 is 2.52 bits per heavy atom. The van der Waals surface area contributed by atoms with E-state index in [-0.39, 0.29) is 12.5 Å². The van der Waals surface area contributed by atoms with Gasteiger partial charge >= 0.3 is 5.97 Å². The number of amides is 1. The molecule has 1 saturated carbocycles. The van der Waals surface area contributed by atoms with Crippen molar-refractivity contribution in [2.24, 2.45) is 0 Å². The van der Waals surface area contributed by atoms with E-state index in [0.717, 1.165) is 24.8 Å². The van der Waals surface area contributed by atoms with Gasteiger partial charge in [-0.15, -0.1) is 0 Å². The Balaban J connectivity index is 1.65. The molecule has 23 heavy (non-hydrogen) atoms. The number of aliphatic carboxylic acids is 1. The fraction of sp³-hybridized carbons (Fsp3) is 0.556. The molecular formula is C18H24N2O3. The number of carboxylic acid groups (broad SMARTS) is 1. The van der Waals surface area contributed by atoms with Gasteiger partial charge in [0.1, 0.15) is 6.04 Å². The van der Waals surface area contributed by atoms with Crippen LogP contribution in [0.5, 0.6) is 0 Å². The molecule has 1 atom stereocenters. The molecule has 3 rings (SSSR count). The van der Waals surface area contributed by atoms with Crippen molar-refractivity contribution in [2.75, 3.05) is 13.1 Å². The first-order valence-electron chi connectivity index (χ1n) is 8.36. The number of nitrogens with zero attached hydrogens (tertiary/aromatic N) is 2. The zero-order valence-corrected chi connectivity index (χ0v) is 13.6. The molecule has 1 unspecified atom stereocenters. The summed E-state index contributed by atoms with van der Waals surface area (Å²) in [5, 5.41) is 9.25. The monoisotopic (exact) mass is 316 g/mol. The van der Waals surface area contributed by atoms with Crippen molar-refractivity contribution in [3.63, 3.8) is 0 Å². The van der Waals surface area contributed by atoms with Crippen LogP contribution in [0.3, 0.4) is 0 Å². The molecule has 1 saturated heterocycles. The number of rotatable bonds is 6. The summed E-state index contributed by atoms with van der Waals surface area (Å²) in [7, 11) is 0. The second kappa shape index (κ2) is 6.71. The number of carbonyl (C=O) groups excluding carboxylic acids is 1. The van der Waals surface area contributed by atoms with Crippen LogP contribution in [0.25, 0.3) is 0 Å². The molecule has 5 heteroatoms. The second-order valence-electron chi connectivity index (χ2n) is 6.71. The summed E-state index contributed by atoms with van der Waals surface area (Å²) in [5.74, 6) is -0.756. The van der Waals surface area contributed by atoms with Gasteiger partial charge in [-0.25, -0.2) is 0 Å². The Kier molecular flexibility index (Phi) is 4.66. The topological polar surface area (TPSA) is 60.9 Å². The SMILES string of the molecule is Cc1ccc(CN(C(=O)CN2CCCC2C(=O)O)C2CC2)cc1. The average molecular weight is 316 g/mol. The number of hydrogen-bond acceptors (Lipinski definition) is 3. The molecule has 1 aliphatic heterocycles. The smallest absolute Gasteiger partial charge is 0.320 e. The summed E-state index contributed by atoms with van der Waals surface area (Å²) < 4.78 is 0. The lowest BCUT2D eigenvalue weighted by Gasteiger charge is -2.27. The fourth-order valence-corrected chi connectivity index (χ4v) is 3.26. The predicted molar refractivity (Wildman–Crippen MR) is 87.0 cm³/mol. The molecule has 0 spiro atoms. The Hall–Kier alpha value is -1.88. The number of likely N-dealkylation sites (tertiary alicyclic amines) is 1. The van der Waals surface area contributed by atoms with Crippen LogP contribution in [-0.4, -0.2) is 52.0 Å². The number of aryl methyl sites for hydroxylation is 1. The Bertz CT molecular complexity index is 580. The van der Waals surface area contributed by atoms with Crippen LogP contribution in [0.15, 0.2) is 24.3 Å². The van der Waals surface area contributed by atoms with Crippen molar-refractivity contribution in [1.29, 1.82) is 0 Å². The number of benzene rings is 1. The first-order chi connectivity index (χ1) is 11.0. The summed E-state index contributed by atoms with van der Waals surface area (Å²) in [6.07, 6.45) is 3.61. The van der Waals surface area contributed by atoms with E-state index in [4.69, 9.17) is 0 Å². The maximum atomic E-state index is 12.7. The summed E-state index contributed by atoms with van der Waals surface area (Å²) in [6.45, 7) is 3.59. The molecule has 1 aromatic rings. The average Bonchev–Trinajstić information content (AvgIpc) is 3.25. The largest absolute Gasteiger partial charge is 0.480 e. The normalized spacial score (nSPS) is 21.3. The van der Waals surface area contributed by atoms with Gasteiger partial charge in [0.15, 0.2) is 0 Å². The molecule has 2 aliphatic rings. The summed E-state index contributed by atoms with van der Waals surface area (Å²) in [5.41, 5.74) is 2.34. The molecule has 2 fully saturated rings. The molecular weight excluding hydrogens is 292 g/mol. The van der Waals surface area contributed by atoms with Crippen molar-refractivity contribution in [3.8, 4) is 0 Å². The zero-order valence-electron chi connectivity index (χ0n) is 13.6. The van der Waals surface area contributed by atoms with E-state index in [1.54, 1.807) is 0 Å². The maximum absolute atomic E-state index is 12.7. The van der Waals surface area contributed by atoms with E-state index >= 15 is 0 Å². The van der Waals surface area contributed by atoms with Crippen molar-refractivity contribution >= 4 is 11.9 Å². The van der Waals surface area contributed by atoms with Crippen LogP contribution >= 0.6 is 0 Å². The van der Waals surface area contributed by atoms with E-state index in [2.05, 4.69) is 24.3 Å². The van der Waals surface area contributed by atoms with Crippen LogP contribution in [0.1, 0.15) is 36.8 Å². The van der Waals surface area contributed by atoms with Crippen LogP contribution < -0.4 is 0 Å². The predicted octanol–water partition coefficient (Wildman–Crippen LogP) is 2.04. The van der Waals surface area contributed by atoms with Gasteiger partial charge in [-0.05, 0) is 44.7 Å². The minimum absolute atomic E-state index is 0.0567. The number of hydrogen-bond donors (Lipinski definition) is 1. The molecule has 0 bridgehead atoms. The first kappa shape index (κ1) is 16.0. The maximum Gasteiger partial charge on any atom is 0.320 e. The zero-order chi connectivity index (χ0) is 16.4. The molecule has 0 aromatic heterocycles. The lowest BCUT2D eigenvalue weighted by molar-refractivity contribution is -0.143. The standard InChI is InChI=1S/C18H24N2O3/c1-13-4-6-14(7-5-13)11-20(15-8-9-15)17(21)12-19-10-2-3-16(19)18(22)23/h4-7,15-16H,2-3,8-12H2,1H3,(H,22,23). The Morgan fingerprint density at radius 2 is 1.91 bits per heavy atom. The van der Waals surface area contributed by atoms with Gasteiger partial charge in [0.05, 0.1) is 6.54 Å². The molecule has 1 aromatic carbocycles. The van der Waals surface area contributed by atoms with Crippen LogP contribution in [-0.2, 0) is 16.1 Å². The molecule has 0 radical (unpaired) electrons. The van der Waals surface area contributed by atoms with Crippen molar-refractivity contribution in [3.05, 3.63) is 35.4 Å². The quantitative estimate of drug-likeness (QED) is 0.872. The third-order valence-electron chi connectivity index (χ3n) is 4.77. The van der Waals surface area contributed by atoms with Gasteiger partial charge in [0.25, 0.3) is 0 Å². The molecule has 1 aliphatic carbocycles. The summed E-state index contributed by atoms with van der Waals surface area (Å²) in [4.78, 5) is 27.7. The van der Waals surface area contributed by atoms with E-state index in [1.807, 2.05) is 16.7 Å². The number of carboxylic acids is 1. The summed E-state index contributed by atoms with van der Waals surface area (Å²) in [6, 6.07) is 8.08. The van der Waals surface area contributed by atoms with E-state index in [0.29, 0.717) is 25.6 Å².